The molecule has 1 heterocycles. The second-order valence-electron chi connectivity index (χ2n) is 4.66. The minimum Gasteiger partial charge on any atom is -0.480 e. The summed E-state index contributed by atoms with van der Waals surface area (Å²) in [6, 6.07) is 5.04. The van der Waals surface area contributed by atoms with Gasteiger partial charge in [-0.1, -0.05) is 12.1 Å². The lowest BCUT2D eigenvalue weighted by Gasteiger charge is -2.12. The molecular formula is C14H16N2O3. The Labute approximate surface area is 110 Å². The normalized spacial score (nSPS) is 12.3. The molecule has 0 radical (unpaired) electrons. The summed E-state index contributed by atoms with van der Waals surface area (Å²) in [4.78, 5) is 25.3. The topological polar surface area (TPSA) is 82.2 Å². The Morgan fingerprint density at radius 3 is 2.79 bits per heavy atom. The van der Waals surface area contributed by atoms with Crippen molar-refractivity contribution in [3.63, 3.8) is 0 Å². The van der Waals surface area contributed by atoms with Crippen LogP contribution in [0.3, 0.4) is 0 Å². The molecule has 0 spiro atoms. The number of carboxylic acids is 1. The van der Waals surface area contributed by atoms with Crippen molar-refractivity contribution in [1.82, 2.24) is 10.3 Å². The molecule has 0 saturated heterocycles. The van der Waals surface area contributed by atoms with E-state index in [-0.39, 0.29) is 12.3 Å². The summed E-state index contributed by atoms with van der Waals surface area (Å²) in [6.07, 6.45) is 2.06. The predicted octanol–water partition coefficient (Wildman–Crippen LogP) is 1.61. The van der Waals surface area contributed by atoms with Gasteiger partial charge in [0.1, 0.15) is 6.04 Å². The van der Waals surface area contributed by atoms with Crippen LogP contribution in [0.2, 0.25) is 0 Å². The van der Waals surface area contributed by atoms with Crippen molar-refractivity contribution < 1.29 is 14.7 Å². The second kappa shape index (κ2) is 5.14. The number of carbonyl (C=O) groups excluding carboxylic acids is 1. The summed E-state index contributed by atoms with van der Waals surface area (Å²) in [7, 11) is 0. The van der Waals surface area contributed by atoms with E-state index in [0.717, 1.165) is 22.0 Å². The molecule has 5 heteroatoms. The molecule has 0 fully saturated rings. The maximum absolute atomic E-state index is 11.1. The van der Waals surface area contributed by atoms with Crippen LogP contribution < -0.4 is 5.32 Å². The van der Waals surface area contributed by atoms with Gasteiger partial charge in [-0.3, -0.25) is 4.79 Å². The first-order chi connectivity index (χ1) is 8.97. The van der Waals surface area contributed by atoms with Crippen LogP contribution in [0, 0.1) is 6.92 Å². The average molecular weight is 260 g/mol. The van der Waals surface area contributed by atoms with Crippen molar-refractivity contribution in [1.29, 1.82) is 0 Å². The largest absolute Gasteiger partial charge is 0.480 e. The van der Waals surface area contributed by atoms with Gasteiger partial charge in [0.2, 0.25) is 5.91 Å². The summed E-state index contributed by atoms with van der Waals surface area (Å²) >= 11 is 0. The average Bonchev–Trinajstić information content (AvgIpc) is 2.70. The molecule has 2 rings (SSSR count). The Morgan fingerprint density at radius 1 is 1.42 bits per heavy atom. The smallest absolute Gasteiger partial charge is 0.326 e. The molecule has 0 saturated carbocycles. The van der Waals surface area contributed by atoms with Gasteiger partial charge in [0.15, 0.2) is 0 Å². The van der Waals surface area contributed by atoms with E-state index in [1.54, 1.807) is 6.20 Å². The van der Waals surface area contributed by atoms with Crippen LogP contribution in [-0.2, 0) is 16.0 Å². The van der Waals surface area contributed by atoms with Crippen LogP contribution in [0.25, 0.3) is 10.9 Å². The van der Waals surface area contributed by atoms with E-state index < -0.39 is 12.0 Å². The number of amides is 1. The lowest BCUT2D eigenvalue weighted by atomic mass is 10.0. The summed E-state index contributed by atoms with van der Waals surface area (Å²) in [6.45, 7) is 3.31. The van der Waals surface area contributed by atoms with Crippen LogP contribution in [-0.4, -0.2) is 28.0 Å². The van der Waals surface area contributed by atoms with Crippen molar-refractivity contribution >= 4 is 22.8 Å². The highest BCUT2D eigenvalue weighted by molar-refractivity contribution is 5.86. The lowest BCUT2D eigenvalue weighted by molar-refractivity contribution is -0.141. The first kappa shape index (κ1) is 13.1. The fraction of sp³-hybridized carbons (Fsp3) is 0.286. The minimum absolute atomic E-state index is 0.262. The Bertz CT molecular complexity index is 631. The molecule has 19 heavy (non-hydrogen) atoms. The Kier molecular flexibility index (Phi) is 3.55. The zero-order chi connectivity index (χ0) is 14.0. The molecule has 1 amide bonds. The molecule has 100 valence electrons. The van der Waals surface area contributed by atoms with Crippen LogP contribution >= 0.6 is 0 Å². The number of fused-ring (bicyclic) bond motifs is 1. The number of carboxylic acid groups (broad SMARTS) is 1. The number of nitrogens with one attached hydrogen (secondary N) is 2. The maximum atomic E-state index is 11.1. The molecule has 1 atom stereocenters. The van der Waals surface area contributed by atoms with Crippen LogP contribution in [0.4, 0.5) is 0 Å². The van der Waals surface area contributed by atoms with Crippen molar-refractivity contribution in [2.75, 3.05) is 0 Å². The molecule has 1 aromatic heterocycles. The molecule has 2 aromatic rings. The van der Waals surface area contributed by atoms with Crippen LogP contribution in [0.1, 0.15) is 18.1 Å². The van der Waals surface area contributed by atoms with Gasteiger partial charge in [-0.15, -0.1) is 0 Å². The van der Waals surface area contributed by atoms with E-state index in [4.69, 9.17) is 5.11 Å². The number of hydrogen-bond acceptors (Lipinski definition) is 2. The number of benzene rings is 1. The second-order valence-corrected chi connectivity index (χ2v) is 4.66. The van der Waals surface area contributed by atoms with Gasteiger partial charge in [-0.2, -0.15) is 0 Å². The highest BCUT2D eigenvalue weighted by Crippen LogP contribution is 2.20. The van der Waals surface area contributed by atoms with Crippen LogP contribution in [0.15, 0.2) is 24.4 Å². The van der Waals surface area contributed by atoms with E-state index in [9.17, 15) is 9.59 Å². The van der Waals surface area contributed by atoms with E-state index in [0.29, 0.717) is 0 Å². The third kappa shape index (κ3) is 2.93. The number of hydrogen-bond donors (Lipinski definition) is 3. The maximum Gasteiger partial charge on any atom is 0.326 e. The van der Waals surface area contributed by atoms with E-state index in [2.05, 4.69) is 10.3 Å². The molecular weight excluding hydrogens is 244 g/mol. The molecule has 0 unspecified atom stereocenters. The summed E-state index contributed by atoms with van der Waals surface area (Å²) in [5, 5.41) is 12.5. The summed E-state index contributed by atoms with van der Waals surface area (Å²) in [5.74, 6) is -1.38. The zero-order valence-electron chi connectivity index (χ0n) is 10.9. The fourth-order valence-electron chi connectivity index (χ4n) is 2.13. The number of aliphatic carboxylic acids is 1. The molecule has 0 aliphatic rings. The van der Waals surface area contributed by atoms with E-state index in [1.165, 1.54) is 6.92 Å². The Hall–Kier alpha value is -2.30. The van der Waals surface area contributed by atoms with Crippen molar-refractivity contribution in [3.05, 3.63) is 35.5 Å². The van der Waals surface area contributed by atoms with Crippen molar-refractivity contribution in [2.45, 2.75) is 26.3 Å². The van der Waals surface area contributed by atoms with Gasteiger partial charge in [-0.25, -0.2) is 4.79 Å². The van der Waals surface area contributed by atoms with Gasteiger partial charge in [0.05, 0.1) is 0 Å². The van der Waals surface area contributed by atoms with Gasteiger partial charge in [0, 0.05) is 30.4 Å². The fourth-order valence-corrected chi connectivity index (χ4v) is 2.13. The standard InChI is InChI=1S/C14H16N2O3/c1-8-3-4-11-10(7-15-12(11)5-8)6-13(14(18)19)16-9(2)17/h3-5,7,13,15H,6H2,1-2H3,(H,16,17)(H,18,19)/t13-/m1/s1. The van der Waals surface area contributed by atoms with Gasteiger partial charge >= 0.3 is 5.97 Å². The molecule has 0 aliphatic heterocycles. The monoisotopic (exact) mass is 260 g/mol. The highest BCUT2D eigenvalue weighted by Gasteiger charge is 2.20. The first-order valence-electron chi connectivity index (χ1n) is 6.04. The Balaban J connectivity index is 2.28. The Morgan fingerprint density at radius 2 is 2.16 bits per heavy atom. The number of H-pyrrole nitrogens is 1. The molecule has 1 aromatic carbocycles. The lowest BCUT2D eigenvalue weighted by Crippen LogP contribution is -2.41. The van der Waals surface area contributed by atoms with Crippen LogP contribution in [0.5, 0.6) is 0 Å². The summed E-state index contributed by atoms with van der Waals surface area (Å²) in [5.41, 5.74) is 3.00. The molecule has 0 aliphatic carbocycles. The SMILES string of the molecule is CC(=O)N[C@H](Cc1c[nH]c2cc(C)ccc12)C(=O)O. The number of aryl methyl sites for hydroxylation is 1. The molecule has 5 nitrogen and oxygen atoms in total. The number of aromatic nitrogens is 1. The summed E-state index contributed by atoms with van der Waals surface area (Å²) < 4.78 is 0. The number of rotatable bonds is 4. The van der Waals surface area contributed by atoms with Gasteiger partial charge < -0.3 is 15.4 Å². The molecule has 3 N–H and O–H groups in total. The minimum atomic E-state index is -1.03. The van der Waals surface area contributed by atoms with E-state index in [1.807, 2.05) is 25.1 Å². The van der Waals surface area contributed by atoms with Gasteiger partial charge in [-0.05, 0) is 24.1 Å². The van der Waals surface area contributed by atoms with E-state index >= 15 is 0 Å². The number of aromatic amines is 1. The molecule has 0 bridgehead atoms. The third-order valence-electron chi connectivity index (χ3n) is 3.02. The van der Waals surface area contributed by atoms with Gasteiger partial charge in [0.25, 0.3) is 0 Å². The van der Waals surface area contributed by atoms with Crippen molar-refractivity contribution in [2.24, 2.45) is 0 Å². The third-order valence-corrected chi connectivity index (χ3v) is 3.02. The first-order valence-corrected chi connectivity index (χ1v) is 6.04. The van der Waals surface area contributed by atoms with Crippen molar-refractivity contribution in [3.8, 4) is 0 Å². The zero-order valence-corrected chi connectivity index (χ0v) is 10.9. The number of carbonyl (C=O) groups is 2. The predicted molar refractivity (Wildman–Crippen MR) is 72.0 cm³/mol. The quantitative estimate of drug-likeness (QED) is 0.781. The highest BCUT2D eigenvalue weighted by atomic mass is 16.4.